The minimum Gasteiger partial charge on any atom is -0.456 e. The molecule has 2 aromatic heterocycles. The van der Waals surface area contributed by atoms with Crippen LogP contribution in [0.1, 0.15) is 0 Å². The van der Waals surface area contributed by atoms with Crippen LogP contribution in [0.2, 0.25) is 0 Å². The first-order chi connectivity index (χ1) is 29.7. The molecule has 0 unspecified atom stereocenters. The predicted molar refractivity (Wildman–Crippen MR) is 253 cm³/mol. The minimum atomic E-state index is 0.838. The summed E-state index contributed by atoms with van der Waals surface area (Å²) in [5.41, 5.74) is 13.2. The molecule has 0 bridgehead atoms. The van der Waals surface area contributed by atoms with Crippen molar-refractivity contribution in [1.82, 2.24) is 0 Å². The molecule has 11 aromatic carbocycles. The number of benzene rings is 11. The lowest BCUT2D eigenvalue weighted by Crippen LogP contribution is -1.91. The van der Waals surface area contributed by atoms with Crippen molar-refractivity contribution in [3.8, 4) is 44.5 Å². The lowest BCUT2D eigenvalue weighted by Gasteiger charge is -2.18. The third-order valence-corrected chi connectivity index (χ3v) is 12.6. The maximum atomic E-state index is 6.46. The van der Waals surface area contributed by atoms with E-state index in [4.69, 9.17) is 8.83 Å². The molecule has 0 saturated heterocycles. The Hall–Kier alpha value is -7.94. The molecular formula is C58H34O2. The Balaban J connectivity index is 0.894. The van der Waals surface area contributed by atoms with E-state index in [9.17, 15) is 0 Å². The number of para-hydroxylation sites is 1. The van der Waals surface area contributed by atoms with E-state index in [1.165, 1.54) is 82.2 Å². The van der Waals surface area contributed by atoms with Gasteiger partial charge in [0, 0.05) is 27.6 Å². The van der Waals surface area contributed by atoms with Crippen LogP contribution in [0, 0.1) is 0 Å². The van der Waals surface area contributed by atoms with E-state index in [0.717, 1.165) is 49.3 Å². The molecule has 0 aliphatic carbocycles. The van der Waals surface area contributed by atoms with Gasteiger partial charge in [-0.2, -0.15) is 0 Å². The van der Waals surface area contributed by atoms with Crippen molar-refractivity contribution in [3.63, 3.8) is 0 Å². The second kappa shape index (κ2) is 12.8. The number of hydrogen-bond donors (Lipinski definition) is 0. The summed E-state index contributed by atoms with van der Waals surface area (Å²) in [6.45, 7) is 0. The fourth-order valence-corrected chi connectivity index (χ4v) is 9.72. The molecule has 0 aliphatic heterocycles. The maximum absolute atomic E-state index is 6.46. The molecule has 0 radical (unpaired) electrons. The summed E-state index contributed by atoms with van der Waals surface area (Å²) in [6, 6.07) is 74.9. The minimum absolute atomic E-state index is 0.838. The van der Waals surface area contributed by atoms with Crippen LogP contribution in [0.4, 0.5) is 0 Å². The molecule has 278 valence electrons. The molecule has 13 rings (SSSR count). The Morgan fingerprint density at radius 1 is 0.200 bits per heavy atom. The fraction of sp³-hybridized carbons (Fsp3) is 0. The van der Waals surface area contributed by atoms with Gasteiger partial charge in [0.15, 0.2) is 0 Å². The summed E-state index contributed by atoms with van der Waals surface area (Å²) >= 11 is 0. The second-order valence-corrected chi connectivity index (χ2v) is 16.0. The Morgan fingerprint density at radius 3 is 1.42 bits per heavy atom. The van der Waals surface area contributed by atoms with Gasteiger partial charge in [-0.1, -0.05) is 158 Å². The zero-order chi connectivity index (χ0) is 39.3. The van der Waals surface area contributed by atoms with Crippen LogP contribution in [0.5, 0.6) is 0 Å². The quantitative estimate of drug-likeness (QED) is 0.167. The summed E-state index contributed by atoms with van der Waals surface area (Å²) in [5, 5.41) is 14.3. The molecule has 0 aliphatic rings. The molecular weight excluding hydrogens is 729 g/mol. The molecule has 0 spiro atoms. The van der Waals surface area contributed by atoms with E-state index in [-0.39, 0.29) is 0 Å². The molecule has 0 saturated carbocycles. The van der Waals surface area contributed by atoms with Gasteiger partial charge in [-0.3, -0.25) is 0 Å². The highest BCUT2D eigenvalue weighted by molar-refractivity contribution is 6.22. The first-order valence-electron chi connectivity index (χ1n) is 20.6. The molecule has 60 heavy (non-hydrogen) atoms. The first-order valence-corrected chi connectivity index (χ1v) is 20.6. The SMILES string of the molecule is c1cc(-c2ccc3ccccc3c2)cc(-c2c3ccccc3c(-c3ccc(-c4ccc5cc6c(cc5c4)oc4cc5oc7ccccc7c5cc46)cc3)c3ccccc23)c1. The smallest absolute Gasteiger partial charge is 0.139 e. The van der Waals surface area contributed by atoms with Gasteiger partial charge >= 0.3 is 0 Å². The Bertz CT molecular complexity index is 3820. The molecule has 0 amide bonds. The topological polar surface area (TPSA) is 26.3 Å². The molecule has 2 heteroatoms. The summed E-state index contributed by atoms with van der Waals surface area (Å²) in [4.78, 5) is 0. The van der Waals surface area contributed by atoms with E-state index in [1.54, 1.807) is 0 Å². The summed E-state index contributed by atoms with van der Waals surface area (Å²) in [6.07, 6.45) is 0. The van der Waals surface area contributed by atoms with Crippen molar-refractivity contribution in [3.05, 3.63) is 206 Å². The largest absolute Gasteiger partial charge is 0.456 e. The normalized spacial score (nSPS) is 12.0. The van der Waals surface area contributed by atoms with Gasteiger partial charge < -0.3 is 8.83 Å². The number of fused-ring (bicyclic) bond motifs is 10. The molecule has 2 nitrogen and oxygen atoms in total. The van der Waals surface area contributed by atoms with Crippen LogP contribution in [0.3, 0.4) is 0 Å². The Morgan fingerprint density at radius 2 is 0.667 bits per heavy atom. The van der Waals surface area contributed by atoms with E-state index in [1.807, 2.05) is 18.2 Å². The van der Waals surface area contributed by atoms with Crippen LogP contribution >= 0.6 is 0 Å². The van der Waals surface area contributed by atoms with E-state index < -0.39 is 0 Å². The lowest BCUT2D eigenvalue weighted by atomic mass is 9.85. The van der Waals surface area contributed by atoms with Gasteiger partial charge in [0.1, 0.15) is 22.3 Å². The van der Waals surface area contributed by atoms with Gasteiger partial charge in [0.2, 0.25) is 0 Å². The van der Waals surface area contributed by atoms with Crippen molar-refractivity contribution >= 4 is 87.0 Å². The fourth-order valence-electron chi connectivity index (χ4n) is 9.72. The Kier molecular flexibility index (Phi) is 7.05. The van der Waals surface area contributed by atoms with Gasteiger partial charge in [-0.25, -0.2) is 0 Å². The molecule has 0 N–H and O–H groups in total. The number of furan rings is 2. The van der Waals surface area contributed by atoms with Crippen LogP contribution < -0.4 is 0 Å². The molecule has 13 aromatic rings. The van der Waals surface area contributed by atoms with Gasteiger partial charge in [0.25, 0.3) is 0 Å². The first kappa shape index (κ1) is 33.1. The van der Waals surface area contributed by atoms with Crippen molar-refractivity contribution in [2.24, 2.45) is 0 Å². The summed E-state index contributed by atoms with van der Waals surface area (Å²) in [5.74, 6) is 0. The van der Waals surface area contributed by atoms with Crippen molar-refractivity contribution in [1.29, 1.82) is 0 Å². The average molecular weight is 763 g/mol. The van der Waals surface area contributed by atoms with Crippen LogP contribution in [0.15, 0.2) is 215 Å². The standard InChI is InChI=1S/C58H34O2/c1-2-11-38-28-41(25-22-35(38)10-1)39-12-9-13-43(29-39)58-48-17-5-3-15-46(48)57(47-16-4-6-18-49(47)58)37-23-20-36(21-24-37)40-26-27-42-31-50-52-33-51-45-14-7-8-19-53(45)59-55(51)34-56(52)60-54(50)32-44(42)30-40/h1-34H. The van der Waals surface area contributed by atoms with Crippen LogP contribution in [-0.2, 0) is 0 Å². The third kappa shape index (κ3) is 5.08. The molecule has 0 fully saturated rings. The highest BCUT2D eigenvalue weighted by Gasteiger charge is 2.18. The zero-order valence-electron chi connectivity index (χ0n) is 32.4. The monoisotopic (exact) mass is 762 g/mol. The lowest BCUT2D eigenvalue weighted by molar-refractivity contribution is 0.656. The predicted octanol–water partition coefficient (Wildman–Crippen LogP) is 16.8. The van der Waals surface area contributed by atoms with E-state index in [0.29, 0.717) is 0 Å². The molecule has 0 atom stereocenters. The van der Waals surface area contributed by atoms with Gasteiger partial charge in [-0.05, 0) is 130 Å². The van der Waals surface area contributed by atoms with Gasteiger partial charge in [0.05, 0.1) is 0 Å². The van der Waals surface area contributed by atoms with Gasteiger partial charge in [-0.15, -0.1) is 0 Å². The highest BCUT2D eigenvalue weighted by Crippen LogP contribution is 2.45. The van der Waals surface area contributed by atoms with Crippen LogP contribution in [-0.4, -0.2) is 0 Å². The van der Waals surface area contributed by atoms with E-state index >= 15 is 0 Å². The second-order valence-electron chi connectivity index (χ2n) is 16.0. The van der Waals surface area contributed by atoms with Crippen molar-refractivity contribution < 1.29 is 8.83 Å². The third-order valence-electron chi connectivity index (χ3n) is 12.6. The highest BCUT2D eigenvalue weighted by atomic mass is 16.3. The number of rotatable bonds is 4. The van der Waals surface area contributed by atoms with E-state index in [2.05, 4.69) is 188 Å². The van der Waals surface area contributed by atoms with Crippen LogP contribution in [0.25, 0.3) is 131 Å². The maximum Gasteiger partial charge on any atom is 0.139 e. The Labute approximate surface area is 345 Å². The average Bonchev–Trinajstić information content (AvgIpc) is 3.85. The summed E-state index contributed by atoms with van der Waals surface area (Å²) < 4.78 is 12.6. The van der Waals surface area contributed by atoms with Crippen molar-refractivity contribution in [2.45, 2.75) is 0 Å². The number of hydrogen-bond acceptors (Lipinski definition) is 2. The zero-order valence-corrected chi connectivity index (χ0v) is 32.4. The summed E-state index contributed by atoms with van der Waals surface area (Å²) in [7, 11) is 0. The van der Waals surface area contributed by atoms with Crippen molar-refractivity contribution in [2.75, 3.05) is 0 Å². The molecule has 2 heterocycles.